The standard InChI is InChI=1S/C23H35N7O2/c1-16(2)22(31)30-12-10-19(11-13-30)26-23(25-15-21-28-27-17(3)29(21)4)24-14-18-6-8-20(32-5)9-7-18/h6-9,16,19H,10-15H2,1-5H3,(H2,24,25,26). The highest BCUT2D eigenvalue weighted by Gasteiger charge is 2.24. The van der Waals surface area contributed by atoms with Crippen molar-refractivity contribution in [3.8, 4) is 5.75 Å². The first kappa shape index (κ1) is 23.6. The lowest BCUT2D eigenvalue weighted by Crippen LogP contribution is -2.50. The Balaban J connectivity index is 1.64. The van der Waals surface area contributed by atoms with Crippen molar-refractivity contribution in [2.24, 2.45) is 18.0 Å². The minimum Gasteiger partial charge on any atom is -0.497 e. The number of guanidine groups is 1. The van der Waals surface area contributed by atoms with Crippen LogP contribution in [-0.4, -0.2) is 57.8 Å². The average Bonchev–Trinajstić information content (AvgIpc) is 3.13. The van der Waals surface area contributed by atoms with Gasteiger partial charge >= 0.3 is 0 Å². The van der Waals surface area contributed by atoms with Gasteiger partial charge in [0.15, 0.2) is 11.8 Å². The third-order valence-corrected chi connectivity index (χ3v) is 5.82. The average molecular weight is 442 g/mol. The van der Waals surface area contributed by atoms with Crippen LogP contribution < -0.4 is 15.4 Å². The number of hydrogen-bond donors (Lipinski definition) is 2. The smallest absolute Gasteiger partial charge is 0.225 e. The molecule has 1 aliphatic rings. The summed E-state index contributed by atoms with van der Waals surface area (Å²) in [6, 6.07) is 8.17. The van der Waals surface area contributed by atoms with E-state index in [1.807, 2.05) is 61.6 Å². The van der Waals surface area contributed by atoms with Crippen LogP contribution in [0, 0.1) is 12.8 Å². The zero-order valence-corrected chi connectivity index (χ0v) is 19.8. The molecule has 0 unspecified atom stereocenters. The van der Waals surface area contributed by atoms with E-state index in [2.05, 4.69) is 20.8 Å². The van der Waals surface area contributed by atoms with Crippen molar-refractivity contribution in [3.63, 3.8) is 0 Å². The number of likely N-dealkylation sites (tertiary alicyclic amines) is 1. The highest BCUT2D eigenvalue weighted by molar-refractivity contribution is 5.80. The van der Waals surface area contributed by atoms with E-state index in [9.17, 15) is 4.79 Å². The summed E-state index contributed by atoms with van der Waals surface area (Å²) in [5, 5.41) is 15.3. The summed E-state index contributed by atoms with van der Waals surface area (Å²) >= 11 is 0. The highest BCUT2D eigenvalue weighted by Crippen LogP contribution is 2.14. The Morgan fingerprint density at radius 3 is 2.47 bits per heavy atom. The largest absolute Gasteiger partial charge is 0.497 e. The Morgan fingerprint density at radius 1 is 1.22 bits per heavy atom. The van der Waals surface area contributed by atoms with Crippen LogP contribution in [0.2, 0.25) is 0 Å². The maximum Gasteiger partial charge on any atom is 0.225 e. The molecule has 9 nitrogen and oxygen atoms in total. The first-order valence-electron chi connectivity index (χ1n) is 11.2. The number of hydrogen-bond acceptors (Lipinski definition) is 5. The fraction of sp³-hybridized carbons (Fsp3) is 0.565. The van der Waals surface area contributed by atoms with Crippen molar-refractivity contribution in [1.29, 1.82) is 0 Å². The number of piperidine rings is 1. The number of methoxy groups -OCH3 is 1. The lowest BCUT2D eigenvalue weighted by molar-refractivity contribution is -0.135. The number of aliphatic imine (C=N–C) groups is 1. The van der Waals surface area contributed by atoms with Gasteiger partial charge in [0.05, 0.1) is 20.2 Å². The van der Waals surface area contributed by atoms with Gasteiger partial charge in [-0.1, -0.05) is 26.0 Å². The second-order valence-electron chi connectivity index (χ2n) is 8.49. The van der Waals surface area contributed by atoms with E-state index in [1.165, 1.54) is 0 Å². The van der Waals surface area contributed by atoms with Crippen LogP contribution in [0.15, 0.2) is 29.3 Å². The minimum absolute atomic E-state index is 0.0395. The molecule has 9 heteroatoms. The van der Waals surface area contributed by atoms with Gasteiger partial charge in [0.2, 0.25) is 5.91 Å². The summed E-state index contributed by atoms with van der Waals surface area (Å²) in [5.41, 5.74) is 1.10. The molecule has 1 aromatic carbocycles. The molecule has 1 aliphatic heterocycles. The lowest BCUT2D eigenvalue weighted by atomic mass is 10.0. The quantitative estimate of drug-likeness (QED) is 0.504. The lowest BCUT2D eigenvalue weighted by Gasteiger charge is -2.34. The predicted octanol–water partition coefficient (Wildman–Crippen LogP) is 2.01. The predicted molar refractivity (Wildman–Crippen MR) is 124 cm³/mol. The molecule has 1 amide bonds. The molecule has 3 rings (SSSR count). The number of benzene rings is 1. The van der Waals surface area contributed by atoms with E-state index in [4.69, 9.17) is 9.73 Å². The summed E-state index contributed by atoms with van der Waals surface area (Å²) in [4.78, 5) is 19.0. The van der Waals surface area contributed by atoms with Crippen molar-refractivity contribution < 1.29 is 9.53 Å². The topological polar surface area (TPSA) is 96.7 Å². The van der Waals surface area contributed by atoms with E-state index in [-0.39, 0.29) is 17.9 Å². The summed E-state index contributed by atoms with van der Waals surface area (Å²) < 4.78 is 7.19. The van der Waals surface area contributed by atoms with E-state index in [1.54, 1.807) is 7.11 Å². The molecule has 174 valence electrons. The maximum absolute atomic E-state index is 12.3. The number of ether oxygens (including phenoxy) is 1. The molecule has 0 spiro atoms. The molecule has 0 atom stereocenters. The molecule has 0 bridgehead atoms. The third kappa shape index (κ3) is 6.21. The fourth-order valence-electron chi connectivity index (χ4n) is 3.62. The van der Waals surface area contributed by atoms with Gasteiger partial charge in [-0.15, -0.1) is 10.2 Å². The Bertz CT molecular complexity index is 913. The van der Waals surface area contributed by atoms with Crippen LogP contribution in [0.25, 0.3) is 0 Å². The number of carbonyl (C=O) groups excluding carboxylic acids is 1. The molecule has 2 aromatic rings. The van der Waals surface area contributed by atoms with Gasteiger partial charge in [-0.3, -0.25) is 4.79 Å². The van der Waals surface area contributed by atoms with Crippen LogP contribution in [-0.2, 0) is 24.9 Å². The van der Waals surface area contributed by atoms with Crippen molar-refractivity contribution in [3.05, 3.63) is 41.5 Å². The normalized spacial score (nSPS) is 15.2. The van der Waals surface area contributed by atoms with Gasteiger partial charge in [-0.25, -0.2) is 4.99 Å². The van der Waals surface area contributed by atoms with Crippen molar-refractivity contribution >= 4 is 11.9 Å². The van der Waals surface area contributed by atoms with Crippen LogP contribution in [0.1, 0.15) is 43.9 Å². The van der Waals surface area contributed by atoms with Gasteiger partial charge in [-0.05, 0) is 37.5 Å². The van der Waals surface area contributed by atoms with Crippen molar-refractivity contribution in [2.45, 2.75) is 52.7 Å². The fourth-order valence-corrected chi connectivity index (χ4v) is 3.62. The zero-order valence-electron chi connectivity index (χ0n) is 19.8. The van der Waals surface area contributed by atoms with Crippen LogP contribution >= 0.6 is 0 Å². The van der Waals surface area contributed by atoms with Crippen LogP contribution in [0.4, 0.5) is 0 Å². The summed E-state index contributed by atoms with van der Waals surface area (Å²) in [7, 11) is 3.61. The number of nitrogens with one attached hydrogen (secondary N) is 2. The van der Waals surface area contributed by atoms with Gasteiger partial charge in [0, 0.05) is 32.1 Å². The van der Waals surface area contributed by atoms with Gasteiger partial charge in [-0.2, -0.15) is 0 Å². The van der Waals surface area contributed by atoms with Crippen molar-refractivity contribution in [2.75, 3.05) is 20.2 Å². The molecule has 0 aliphatic carbocycles. The number of aryl methyl sites for hydroxylation is 1. The molecule has 2 heterocycles. The molecular weight excluding hydrogens is 406 g/mol. The molecule has 0 radical (unpaired) electrons. The molecule has 1 aromatic heterocycles. The zero-order chi connectivity index (χ0) is 23.1. The van der Waals surface area contributed by atoms with E-state index in [0.29, 0.717) is 13.1 Å². The Hall–Kier alpha value is -3.10. The molecule has 2 N–H and O–H groups in total. The van der Waals surface area contributed by atoms with Crippen LogP contribution in [0.3, 0.4) is 0 Å². The minimum atomic E-state index is 0.0395. The number of nitrogens with zero attached hydrogens (tertiary/aromatic N) is 5. The Labute approximate surface area is 190 Å². The van der Waals surface area contributed by atoms with E-state index in [0.717, 1.165) is 54.9 Å². The first-order chi connectivity index (χ1) is 15.4. The SMILES string of the molecule is COc1ccc(CN=C(NCc2nnc(C)n2C)NC2CCN(C(=O)C(C)C)CC2)cc1. The molecular formula is C23H35N7O2. The van der Waals surface area contributed by atoms with Gasteiger partial charge in [0.25, 0.3) is 0 Å². The number of aromatic nitrogens is 3. The number of amides is 1. The first-order valence-corrected chi connectivity index (χ1v) is 11.2. The van der Waals surface area contributed by atoms with Gasteiger partial charge < -0.3 is 24.8 Å². The summed E-state index contributed by atoms with van der Waals surface area (Å²) in [5.74, 6) is 3.54. The van der Waals surface area contributed by atoms with E-state index < -0.39 is 0 Å². The second-order valence-corrected chi connectivity index (χ2v) is 8.49. The van der Waals surface area contributed by atoms with Crippen LogP contribution in [0.5, 0.6) is 5.75 Å². The van der Waals surface area contributed by atoms with Gasteiger partial charge in [0.1, 0.15) is 11.6 Å². The molecule has 0 saturated carbocycles. The Morgan fingerprint density at radius 2 is 1.91 bits per heavy atom. The molecule has 1 saturated heterocycles. The second kappa shape index (κ2) is 11.0. The third-order valence-electron chi connectivity index (χ3n) is 5.82. The number of carbonyl (C=O) groups is 1. The maximum atomic E-state index is 12.3. The highest BCUT2D eigenvalue weighted by atomic mass is 16.5. The Kier molecular flexibility index (Phi) is 8.08. The summed E-state index contributed by atoms with van der Waals surface area (Å²) in [6.45, 7) is 8.44. The van der Waals surface area contributed by atoms with Crippen molar-refractivity contribution in [1.82, 2.24) is 30.3 Å². The monoisotopic (exact) mass is 441 g/mol. The molecule has 1 fully saturated rings. The number of rotatable bonds is 7. The van der Waals surface area contributed by atoms with E-state index >= 15 is 0 Å². The molecule has 32 heavy (non-hydrogen) atoms. The summed E-state index contributed by atoms with van der Waals surface area (Å²) in [6.07, 6.45) is 1.79.